The Morgan fingerprint density at radius 1 is 1.12 bits per heavy atom. The molecule has 6 heteroatoms. The second kappa shape index (κ2) is 6.17. The molecular formula is C19H23N3O3. The maximum atomic E-state index is 13.4. The first-order valence-electron chi connectivity index (χ1n) is 9.16. The van der Waals surface area contributed by atoms with E-state index in [1.165, 1.54) is 11.3 Å². The van der Waals surface area contributed by atoms with Gasteiger partial charge in [-0.15, -0.1) is 0 Å². The standard InChI is InChI=1S/C19H23N3O3/c23-16-11-6-12-22(16)19(17(24)20-13-7-2-1-3-8-13)14-9-4-5-10-15(14)21-18(19)25/h4-5,9-10,13H,1-3,6-8,11-12H2,(H,20,24)(H,21,25). The van der Waals surface area contributed by atoms with Gasteiger partial charge in [-0.2, -0.15) is 0 Å². The number of hydrogen-bond donors (Lipinski definition) is 2. The molecule has 1 aromatic carbocycles. The van der Waals surface area contributed by atoms with Crippen LogP contribution in [0.15, 0.2) is 24.3 Å². The van der Waals surface area contributed by atoms with E-state index in [0.29, 0.717) is 30.6 Å². The fraction of sp³-hybridized carbons (Fsp3) is 0.526. The van der Waals surface area contributed by atoms with Crippen molar-refractivity contribution in [2.45, 2.75) is 56.5 Å². The van der Waals surface area contributed by atoms with Gasteiger partial charge in [0.05, 0.1) is 0 Å². The summed E-state index contributed by atoms with van der Waals surface area (Å²) in [5.41, 5.74) is -0.365. The van der Waals surface area contributed by atoms with Crippen molar-refractivity contribution in [3.05, 3.63) is 29.8 Å². The number of nitrogens with one attached hydrogen (secondary N) is 2. The molecule has 2 N–H and O–H groups in total. The molecule has 3 aliphatic rings. The van der Waals surface area contributed by atoms with Crippen molar-refractivity contribution in [3.63, 3.8) is 0 Å². The first-order valence-corrected chi connectivity index (χ1v) is 9.16. The summed E-state index contributed by atoms with van der Waals surface area (Å²) in [6.45, 7) is 0.429. The summed E-state index contributed by atoms with van der Waals surface area (Å²) in [6, 6.07) is 7.27. The lowest BCUT2D eigenvalue weighted by atomic mass is 9.86. The number of hydrogen-bond acceptors (Lipinski definition) is 3. The third-order valence-electron chi connectivity index (χ3n) is 5.64. The van der Waals surface area contributed by atoms with Gasteiger partial charge in [0.15, 0.2) is 0 Å². The van der Waals surface area contributed by atoms with Crippen molar-refractivity contribution >= 4 is 23.4 Å². The van der Waals surface area contributed by atoms with E-state index in [2.05, 4.69) is 10.6 Å². The van der Waals surface area contributed by atoms with Crippen LogP contribution in [0.5, 0.6) is 0 Å². The Balaban J connectivity index is 1.76. The Kier molecular flexibility index (Phi) is 3.98. The molecule has 2 aliphatic heterocycles. The van der Waals surface area contributed by atoms with Crippen LogP contribution in [-0.4, -0.2) is 35.2 Å². The lowest BCUT2D eigenvalue weighted by molar-refractivity contribution is -0.152. The Bertz CT molecular complexity index is 726. The second-order valence-electron chi connectivity index (χ2n) is 7.17. The van der Waals surface area contributed by atoms with Gasteiger partial charge in [-0.3, -0.25) is 14.4 Å². The zero-order chi connectivity index (χ0) is 17.4. The molecule has 1 atom stereocenters. The summed E-state index contributed by atoms with van der Waals surface area (Å²) < 4.78 is 0. The van der Waals surface area contributed by atoms with Crippen molar-refractivity contribution in [2.24, 2.45) is 0 Å². The number of carbonyl (C=O) groups is 3. The Morgan fingerprint density at radius 3 is 2.60 bits per heavy atom. The molecule has 132 valence electrons. The van der Waals surface area contributed by atoms with Gasteiger partial charge in [0.1, 0.15) is 0 Å². The minimum atomic E-state index is -1.57. The minimum absolute atomic E-state index is 0.0800. The number of amides is 3. The van der Waals surface area contributed by atoms with Crippen LogP contribution < -0.4 is 10.6 Å². The maximum absolute atomic E-state index is 13.4. The summed E-state index contributed by atoms with van der Waals surface area (Å²) in [7, 11) is 0. The molecule has 4 rings (SSSR count). The van der Waals surface area contributed by atoms with Crippen molar-refractivity contribution in [1.82, 2.24) is 10.2 Å². The van der Waals surface area contributed by atoms with Crippen LogP contribution in [0.1, 0.15) is 50.5 Å². The van der Waals surface area contributed by atoms with Gasteiger partial charge < -0.3 is 15.5 Å². The number of likely N-dealkylation sites (tertiary alicyclic amines) is 1. The third kappa shape index (κ3) is 2.42. The van der Waals surface area contributed by atoms with E-state index in [4.69, 9.17) is 0 Å². The van der Waals surface area contributed by atoms with E-state index in [-0.39, 0.29) is 17.9 Å². The van der Waals surface area contributed by atoms with Crippen LogP contribution in [0.25, 0.3) is 0 Å². The summed E-state index contributed by atoms with van der Waals surface area (Å²) >= 11 is 0. The van der Waals surface area contributed by atoms with Gasteiger partial charge in [-0.1, -0.05) is 37.5 Å². The number of fused-ring (bicyclic) bond motifs is 1. The van der Waals surface area contributed by atoms with Gasteiger partial charge in [-0.25, -0.2) is 0 Å². The van der Waals surface area contributed by atoms with E-state index in [1.807, 2.05) is 12.1 Å². The van der Waals surface area contributed by atoms with E-state index in [0.717, 1.165) is 25.7 Å². The predicted molar refractivity (Wildman–Crippen MR) is 92.7 cm³/mol. The third-order valence-corrected chi connectivity index (χ3v) is 5.64. The number of benzene rings is 1. The molecule has 1 aliphatic carbocycles. The molecule has 0 spiro atoms. The van der Waals surface area contributed by atoms with Gasteiger partial charge in [0, 0.05) is 30.3 Å². The number of rotatable bonds is 3. The first-order chi connectivity index (χ1) is 12.1. The van der Waals surface area contributed by atoms with E-state index in [9.17, 15) is 14.4 Å². The van der Waals surface area contributed by atoms with Crippen molar-refractivity contribution in [3.8, 4) is 0 Å². The molecule has 2 fully saturated rings. The molecule has 1 saturated carbocycles. The van der Waals surface area contributed by atoms with Crippen molar-refractivity contribution < 1.29 is 14.4 Å². The summed E-state index contributed by atoms with van der Waals surface area (Å²) in [6.07, 6.45) is 6.27. The van der Waals surface area contributed by atoms with E-state index < -0.39 is 11.4 Å². The quantitative estimate of drug-likeness (QED) is 0.824. The van der Waals surface area contributed by atoms with Crippen LogP contribution in [-0.2, 0) is 19.9 Å². The van der Waals surface area contributed by atoms with Crippen molar-refractivity contribution in [2.75, 3.05) is 11.9 Å². The molecule has 0 aromatic heterocycles. The highest BCUT2D eigenvalue weighted by Gasteiger charge is 2.59. The van der Waals surface area contributed by atoms with Crippen molar-refractivity contribution in [1.29, 1.82) is 0 Å². The van der Waals surface area contributed by atoms with E-state index >= 15 is 0 Å². The fourth-order valence-corrected chi connectivity index (χ4v) is 4.40. The summed E-state index contributed by atoms with van der Waals surface area (Å²) in [5.74, 6) is -0.917. The number of nitrogens with zero attached hydrogens (tertiary/aromatic N) is 1. The van der Waals surface area contributed by atoms with Gasteiger partial charge >= 0.3 is 0 Å². The monoisotopic (exact) mass is 341 g/mol. The fourth-order valence-electron chi connectivity index (χ4n) is 4.40. The average molecular weight is 341 g/mol. The topological polar surface area (TPSA) is 78.5 Å². The molecule has 1 unspecified atom stereocenters. The number of para-hydroxylation sites is 1. The molecule has 6 nitrogen and oxygen atoms in total. The van der Waals surface area contributed by atoms with E-state index in [1.54, 1.807) is 12.1 Å². The average Bonchev–Trinajstić information content (AvgIpc) is 3.16. The Hall–Kier alpha value is -2.37. The Labute approximate surface area is 147 Å². The highest BCUT2D eigenvalue weighted by molar-refractivity contribution is 6.21. The summed E-state index contributed by atoms with van der Waals surface area (Å²) in [5, 5.41) is 5.89. The van der Waals surface area contributed by atoms with Crippen LogP contribution >= 0.6 is 0 Å². The number of anilines is 1. The molecule has 0 bridgehead atoms. The highest BCUT2D eigenvalue weighted by atomic mass is 16.2. The molecule has 3 amide bonds. The second-order valence-corrected chi connectivity index (χ2v) is 7.17. The molecule has 1 aromatic rings. The predicted octanol–water partition coefficient (Wildman–Crippen LogP) is 1.91. The first kappa shape index (κ1) is 16.1. The smallest absolute Gasteiger partial charge is 0.265 e. The molecule has 0 radical (unpaired) electrons. The largest absolute Gasteiger partial charge is 0.351 e. The SMILES string of the molecule is O=C1CCCN1C1(C(=O)NC2CCCCC2)C(=O)Nc2ccccc21. The van der Waals surface area contributed by atoms with Gasteiger partial charge in [0.25, 0.3) is 11.8 Å². The number of carbonyl (C=O) groups excluding carboxylic acids is 3. The van der Waals surface area contributed by atoms with Gasteiger partial charge in [-0.05, 0) is 25.3 Å². The van der Waals surface area contributed by atoms with Crippen LogP contribution in [0.2, 0.25) is 0 Å². The molecule has 2 heterocycles. The molecular weight excluding hydrogens is 318 g/mol. The minimum Gasteiger partial charge on any atom is -0.351 e. The maximum Gasteiger partial charge on any atom is 0.265 e. The zero-order valence-corrected chi connectivity index (χ0v) is 14.2. The molecule has 1 saturated heterocycles. The van der Waals surface area contributed by atoms with Gasteiger partial charge in [0.2, 0.25) is 11.4 Å². The normalized spacial score (nSPS) is 26.5. The van der Waals surface area contributed by atoms with Crippen LogP contribution in [0.3, 0.4) is 0 Å². The lowest BCUT2D eigenvalue weighted by Crippen LogP contribution is -2.62. The Morgan fingerprint density at radius 2 is 1.88 bits per heavy atom. The highest BCUT2D eigenvalue weighted by Crippen LogP contribution is 2.43. The van der Waals surface area contributed by atoms with Crippen LogP contribution in [0, 0.1) is 0 Å². The van der Waals surface area contributed by atoms with Crippen LogP contribution in [0.4, 0.5) is 5.69 Å². The zero-order valence-electron chi connectivity index (χ0n) is 14.2. The lowest BCUT2D eigenvalue weighted by Gasteiger charge is -2.37. The molecule has 25 heavy (non-hydrogen) atoms. The summed E-state index contributed by atoms with van der Waals surface area (Å²) in [4.78, 5) is 40.3.